The second-order valence-electron chi connectivity index (χ2n) is 3.41. The van der Waals surface area contributed by atoms with Crippen molar-refractivity contribution in [2.75, 3.05) is 10.7 Å². The maximum atomic E-state index is 11.8. The number of nitrogens with zero attached hydrogens (tertiary/aromatic N) is 1. The maximum absolute atomic E-state index is 11.8. The van der Waals surface area contributed by atoms with Crippen molar-refractivity contribution in [1.29, 1.82) is 0 Å². The minimum atomic E-state index is -0.167. The first kappa shape index (κ1) is 11.1. The highest BCUT2D eigenvalue weighted by molar-refractivity contribution is 6.04. The van der Waals surface area contributed by atoms with Crippen LogP contribution in [0.15, 0.2) is 48.8 Å². The molecule has 1 heterocycles. The molecule has 1 amide bonds. The summed E-state index contributed by atoms with van der Waals surface area (Å²) in [6.07, 6.45) is 3.24. The van der Waals surface area contributed by atoms with Crippen LogP contribution in [-0.4, -0.2) is 10.9 Å². The van der Waals surface area contributed by atoms with Gasteiger partial charge in [0.1, 0.15) is 0 Å². The molecule has 0 spiro atoms. The van der Waals surface area contributed by atoms with Gasteiger partial charge in [0.15, 0.2) is 0 Å². The number of hydrazine groups is 1. The van der Waals surface area contributed by atoms with E-state index in [1.54, 1.807) is 48.8 Å². The summed E-state index contributed by atoms with van der Waals surface area (Å²) in [5.74, 6) is 5.08. The number of benzene rings is 1. The van der Waals surface area contributed by atoms with E-state index in [2.05, 4.69) is 15.7 Å². The lowest BCUT2D eigenvalue weighted by atomic mass is 10.2. The Morgan fingerprint density at radius 3 is 2.24 bits per heavy atom. The first-order valence-corrected chi connectivity index (χ1v) is 5.07. The van der Waals surface area contributed by atoms with Gasteiger partial charge in [-0.15, -0.1) is 0 Å². The van der Waals surface area contributed by atoms with Crippen LogP contribution in [-0.2, 0) is 0 Å². The van der Waals surface area contributed by atoms with Crippen molar-refractivity contribution in [2.45, 2.75) is 0 Å². The molecule has 86 valence electrons. The summed E-state index contributed by atoms with van der Waals surface area (Å²) in [6, 6.07) is 10.3. The number of carbonyl (C=O) groups is 1. The van der Waals surface area contributed by atoms with Crippen molar-refractivity contribution in [2.24, 2.45) is 5.84 Å². The number of aromatic nitrogens is 1. The van der Waals surface area contributed by atoms with Gasteiger partial charge in [0.25, 0.3) is 5.91 Å². The summed E-state index contributed by atoms with van der Waals surface area (Å²) in [4.78, 5) is 15.7. The molecule has 5 nitrogen and oxygen atoms in total. The Hall–Kier alpha value is -2.40. The molecule has 0 unspecified atom stereocenters. The number of nitrogens with two attached hydrogens (primary N) is 1. The predicted octanol–water partition coefficient (Wildman–Crippen LogP) is 1.62. The fourth-order valence-corrected chi connectivity index (χ4v) is 1.36. The van der Waals surface area contributed by atoms with Crippen molar-refractivity contribution in [3.05, 3.63) is 54.4 Å². The Kier molecular flexibility index (Phi) is 3.32. The molecule has 1 aromatic heterocycles. The fourth-order valence-electron chi connectivity index (χ4n) is 1.36. The van der Waals surface area contributed by atoms with Gasteiger partial charge in [-0.2, -0.15) is 0 Å². The Morgan fingerprint density at radius 1 is 1.00 bits per heavy atom. The average Bonchev–Trinajstić information content (AvgIpc) is 2.40. The van der Waals surface area contributed by atoms with Crippen molar-refractivity contribution < 1.29 is 4.79 Å². The molecule has 2 rings (SSSR count). The summed E-state index contributed by atoms with van der Waals surface area (Å²) in [6.45, 7) is 0. The second kappa shape index (κ2) is 5.09. The third-order valence-corrected chi connectivity index (χ3v) is 2.25. The number of nitrogens with one attached hydrogen (secondary N) is 2. The van der Waals surface area contributed by atoms with Crippen LogP contribution in [0.5, 0.6) is 0 Å². The number of pyridine rings is 1. The number of rotatable bonds is 3. The zero-order chi connectivity index (χ0) is 12.1. The molecule has 0 atom stereocenters. The van der Waals surface area contributed by atoms with Gasteiger partial charge >= 0.3 is 0 Å². The lowest BCUT2D eigenvalue weighted by Crippen LogP contribution is -2.12. The van der Waals surface area contributed by atoms with E-state index in [9.17, 15) is 4.79 Å². The molecule has 0 saturated heterocycles. The van der Waals surface area contributed by atoms with Gasteiger partial charge in [-0.3, -0.25) is 15.6 Å². The lowest BCUT2D eigenvalue weighted by Gasteiger charge is -2.05. The highest BCUT2D eigenvalue weighted by atomic mass is 16.1. The highest BCUT2D eigenvalue weighted by Gasteiger charge is 2.05. The molecule has 0 bridgehead atoms. The van der Waals surface area contributed by atoms with Gasteiger partial charge in [-0.1, -0.05) is 0 Å². The van der Waals surface area contributed by atoms with Crippen LogP contribution in [0.3, 0.4) is 0 Å². The molecular weight excluding hydrogens is 216 g/mol. The van der Waals surface area contributed by atoms with Crippen LogP contribution >= 0.6 is 0 Å². The minimum absolute atomic E-state index is 0.167. The zero-order valence-electron chi connectivity index (χ0n) is 9.05. The number of hydrogen-bond donors (Lipinski definition) is 3. The molecular formula is C12H12N4O. The van der Waals surface area contributed by atoms with Crippen molar-refractivity contribution in [3.63, 3.8) is 0 Å². The Labute approximate surface area is 98.6 Å². The third-order valence-electron chi connectivity index (χ3n) is 2.25. The van der Waals surface area contributed by atoms with Gasteiger partial charge in [-0.05, 0) is 36.4 Å². The van der Waals surface area contributed by atoms with Crippen LogP contribution in [0.2, 0.25) is 0 Å². The molecule has 1 aromatic carbocycles. The zero-order valence-corrected chi connectivity index (χ0v) is 9.05. The summed E-state index contributed by atoms with van der Waals surface area (Å²) in [5, 5.41) is 2.77. The standard InChI is InChI=1S/C12H12N4O/c13-16-11-3-1-9(2-4-11)12(17)15-10-5-7-14-8-6-10/h1-8,16H,13H2,(H,14,15,17). The highest BCUT2D eigenvalue weighted by Crippen LogP contribution is 2.10. The molecule has 0 radical (unpaired) electrons. The van der Waals surface area contributed by atoms with E-state index in [4.69, 9.17) is 5.84 Å². The van der Waals surface area contributed by atoms with Crippen LogP contribution in [0.1, 0.15) is 10.4 Å². The molecule has 0 aliphatic rings. The number of amides is 1. The van der Waals surface area contributed by atoms with Gasteiger partial charge < -0.3 is 10.7 Å². The molecule has 2 aromatic rings. The van der Waals surface area contributed by atoms with Crippen molar-refractivity contribution in [1.82, 2.24) is 4.98 Å². The average molecular weight is 228 g/mol. The van der Waals surface area contributed by atoms with E-state index >= 15 is 0 Å². The quantitative estimate of drug-likeness (QED) is 0.551. The number of nitrogen functional groups attached to an aromatic ring is 1. The monoisotopic (exact) mass is 228 g/mol. The smallest absolute Gasteiger partial charge is 0.255 e. The van der Waals surface area contributed by atoms with Gasteiger partial charge in [0.05, 0.1) is 0 Å². The SMILES string of the molecule is NNc1ccc(C(=O)Nc2ccncc2)cc1. The molecule has 5 heteroatoms. The molecule has 0 aliphatic heterocycles. The van der Waals surface area contributed by atoms with E-state index in [0.717, 1.165) is 5.69 Å². The summed E-state index contributed by atoms with van der Waals surface area (Å²) >= 11 is 0. The number of hydrogen-bond acceptors (Lipinski definition) is 4. The van der Waals surface area contributed by atoms with Crippen LogP contribution in [0, 0.1) is 0 Å². The fraction of sp³-hybridized carbons (Fsp3) is 0. The van der Waals surface area contributed by atoms with E-state index in [0.29, 0.717) is 11.3 Å². The Bertz CT molecular complexity index is 496. The summed E-state index contributed by atoms with van der Waals surface area (Å²) < 4.78 is 0. The van der Waals surface area contributed by atoms with E-state index < -0.39 is 0 Å². The normalized spacial score (nSPS) is 9.71. The van der Waals surface area contributed by atoms with Gasteiger partial charge in [0, 0.05) is 29.3 Å². The number of carbonyl (C=O) groups excluding carboxylic acids is 1. The molecule has 0 saturated carbocycles. The largest absolute Gasteiger partial charge is 0.324 e. The van der Waals surface area contributed by atoms with E-state index in [1.165, 1.54) is 0 Å². The number of anilines is 2. The Morgan fingerprint density at radius 2 is 1.65 bits per heavy atom. The Balaban J connectivity index is 2.09. The molecule has 0 fully saturated rings. The molecule has 17 heavy (non-hydrogen) atoms. The van der Waals surface area contributed by atoms with Crippen molar-refractivity contribution >= 4 is 17.3 Å². The first-order valence-electron chi connectivity index (χ1n) is 5.07. The summed E-state index contributed by atoms with van der Waals surface area (Å²) in [7, 11) is 0. The predicted molar refractivity (Wildman–Crippen MR) is 66.4 cm³/mol. The molecule has 4 N–H and O–H groups in total. The maximum Gasteiger partial charge on any atom is 0.255 e. The van der Waals surface area contributed by atoms with Gasteiger partial charge in [0.2, 0.25) is 0 Å². The van der Waals surface area contributed by atoms with E-state index in [1.807, 2.05) is 0 Å². The van der Waals surface area contributed by atoms with Crippen LogP contribution in [0.4, 0.5) is 11.4 Å². The third kappa shape index (κ3) is 2.79. The van der Waals surface area contributed by atoms with Crippen molar-refractivity contribution in [3.8, 4) is 0 Å². The lowest BCUT2D eigenvalue weighted by molar-refractivity contribution is 0.102. The van der Waals surface area contributed by atoms with Crippen LogP contribution < -0.4 is 16.6 Å². The summed E-state index contributed by atoms with van der Waals surface area (Å²) in [5.41, 5.74) is 4.54. The minimum Gasteiger partial charge on any atom is -0.324 e. The van der Waals surface area contributed by atoms with Gasteiger partial charge in [-0.25, -0.2) is 0 Å². The van der Waals surface area contributed by atoms with Crippen LogP contribution in [0.25, 0.3) is 0 Å². The van der Waals surface area contributed by atoms with E-state index in [-0.39, 0.29) is 5.91 Å². The first-order chi connectivity index (χ1) is 8.29. The second-order valence-corrected chi connectivity index (χ2v) is 3.41. The molecule has 0 aliphatic carbocycles. The topological polar surface area (TPSA) is 80.0 Å².